The third-order valence-corrected chi connectivity index (χ3v) is 2.97. The van der Waals surface area contributed by atoms with E-state index >= 15 is 0 Å². The summed E-state index contributed by atoms with van der Waals surface area (Å²) in [6, 6.07) is 9.43. The van der Waals surface area contributed by atoms with E-state index in [1.807, 2.05) is 32.0 Å². The van der Waals surface area contributed by atoms with Crippen LogP contribution in [-0.4, -0.2) is 15.7 Å². The van der Waals surface area contributed by atoms with E-state index in [0.717, 1.165) is 22.5 Å². The second kappa shape index (κ2) is 4.94. The number of hydrogen-bond acceptors (Lipinski definition) is 3. The van der Waals surface area contributed by atoms with Gasteiger partial charge >= 0.3 is 0 Å². The summed E-state index contributed by atoms with van der Waals surface area (Å²) in [5, 5.41) is 13.3. The van der Waals surface area contributed by atoms with E-state index in [1.165, 1.54) is 0 Å². The largest absolute Gasteiger partial charge is 0.368 e. The predicted molar refractivity (Wildman–Crippen MR) is 71.0 cm³/mol. The van der Waals surface area contributed by atoms with Gasteiger partial charge in [0.15, 0.2) is 0 Å². The highest BCUT2D eigenvalue weighted by Crippen LogP contribution is 2.27. The number of amides is 1. The molecular weight excluding hydrogens is 240 g/mol. The molecule has 96 valence electrons. The smallest absolute Gasteiger partial charge is 0.239 e. The number of aryl methyl sites for hydroxylation is 1. The molecule has 0 aliphatic heterocycles. The van der Waals surface area contributed by atoms with E-state index in [9.17, 15) is 4.79 Å². The highest BCUT2D eigenvalue weighted by atomic mass is 16.1. The minimum atomic E-state index is -0.428. The van der Waals surface area contributed by atoms with E-state index < -0.39 is 5.91 Å². The van der Waals surface area contributed by atoms with Crippen LogP contribution < -0.4 is 5.73 Å². The molecule has 0 bridgehead atoms. The molecule has 0 fully saturated rings. The highest BCUT2D eigenvalue weighted by molar-refractivity contribution is 5.75. The number of aromatic nitrogens is 2. The number of carbonyl (C=O) groups excluding carboxylic acids is 1. The molecule has 2 N–H and O–H groups in total. The van der Waals surface area contributed by atoms with Gasteiger partial charge in [-0.15, -0.1) is 0 Å². The SMILES string of the molecule is Cc1nn(CC(N)=O)c(C)c1-c1cccc(C#N)c1. The molecule has 0 saturated heterocycles. The standard InChI is InChI=1S/C14H14N4O/c1-9-14(10(2)18(17-9)8-13(16)19)12-5-3-4-11(6-12)7-15/h3-6H,8H2,1-2H3,(H2,16,19). The van der Waals surface area contributed by atoms with Crippen LogP contribution in [0.4, 0.5) is 0 Å². The Morgan fingerprint density at radius 1 is 1.47 bits per heavy atom. The summed E-state index contributed by atoms with van der Waals surface area (Å²) in [6.07, 6.45) is 0. The van der Waals surface area contributed by atoms with Crippen molar-refractivity contribution in [2.24, 2.45) is 5.73 Å². The van der Waals surface area contributed by atoms with E-state index in [-0.39, 0.29) is 6.54 Å². The predicted octanol–water partition coefficient (Wildman–Crippen LogP) is 1.52. The van der Waals surface area contributed by atoms with Gasteiger partial charge in [0.25, 0.3) is 0 Å². The van der Waals surface area contributed by atoms with Crippen molar-refractivity contribution in [3.05, 3.63) is 41.2 Å². The third kappa shape index (κ3) is 2.47. The van der Waals surface area contributed by atoms with E-state index in [2.05, 4.69) is 11.2 Å². The number of benzene rings is 1. The number of primary amides is 1. The summed E-state index contributed by atoms with van der Waals surface area (Å²) in [7, 11) is 0. The van der Waals surface area contributed by atoms with Gasteiger partial charge in [0.05, 0.1) is 17.3 Å². The van der Waals surface area contributed by atoms with Crippen LogP contribution in [0, 0.1) is 25.2 Å². The number of carbonyl (C=O) groups is 1. The van der Waals surface area contributed by atoms with Crippen LogP contribution in [0.3, 0.4) is 0 Å². The lowest BCUT2D eigenvalue weighted by Gasteiger charge is -2.04. The summed E-state index contributed by atoms with van der Waals surface area (Å²) < 4.78 is 1.59. The lowest BCUT2D eigenvalue weighted by Crippen LogP contribution is -2.20. The van der Waals surface area contributed by atoms with Crippen molar-refractivity contribution in [2.75, 3.05) is 0 Å². The Morgan fingerprint density at radius 3 is 2.84 bits per heavy atom. The summed E-state index contributed by atoms with van der Waals surface area (Å²) >= 11 is 0. The molecule has 19 heavy (non-hydrogen) atoms. The van der Waals surface area contributed by atoms with Crippen molar-refractivity contribution in [1.29, 1.82) is 5.26 Å². The maximum Gasteiger partial charge on any atom is 0.239 e. The van der Waals surface area contributed by atoms with Gasteiger partial charge in [-0.05, 0) is 31.5 Å². The maximum absolute atomic E-state index is 11.0. The van der Waals surface area contributed by atoms with Gasteiger partial charge in [0.2, 0.25) is 5.91 Å². The van der Waals surface area contributed by atoms with Crippen molar-refractivity contribution >= 4 is 5.91 Å². The molecule has 1 heterocycles. The van der Waals surface area contributed by atoms with Crippen molar-refractivity contribution in [1.82, 2.24) is 9.78 Å². The van der Waals surface area contributed by atoms with Crippen LogP contribution in [-0.2, 0) is 11.3 Å². The van der Waals surface area contributed by atoms with Gasteiger partial charge in [-0.25, -0.2) is 0 Å². The first-order valence-electron chi connectivity index (χ1n) is 5.85. The number of nitrogens with zero attached hydrogens (tertiary/aromatic N) is 3. The first kappa shape index (κ1) is 12.8. The molecular formula is C14H14N4O. The van der Waals surface area contributed by atoms with Crippen LogP contribution in [0.1, 0.15) is 17.0 Å². The normalized spacial score (nSPS) is 10.2. The van der Waals surface area contributed by atoms with Crippen molar-refractivity contribution < 1.29 is 4.79 Å². The first-order chi connectivity index (χ1) is 9.02. The molecule has 1 aromatic carbocycles. The van der Waals surface area contributed by atoms with E-state index in [0.29, 0.717) is 5.56 Å². The van der Waals surface area contributed by atoms with Crippen molar-refractivity contribution in [3.63, 3.8) is 0 Å². The van der Waals surface area contributed by atoms with Crippen LogP contribution in [0.2, 0.25) is 0 Å². The Hall–Kier alpha value is -2.61. The quantitative estimate of drug-likeness (QED) is 0.901. The first-order valence-corrected chi connectivity index (χ1v) is 5.85. The number of nitrogens with two attached hydrogens (primary N) is 1. The van der Waals surface area contributed by atoms with Crippen molar-refractivity contribution in [2.45, 2.75) is 20.4 Å². The monoisotopic (exact) mass is 254 g/mol. The zero-order valence-corrected chi connectivity index (χ0v) is 10.8. The van der Waals surface area contributed by atoms with E-state index in [4.69, 9.17) is 11.0 Å². The molecule has 1 amide bonds. The maximum atomic E-state index is 11.0. The number of nitriles is 1. The second-order valence-electron chi connectivity index (χ2n) is 4.36. The highest BCUT2D eigenvalue weighted by Gasteiger charge is 2.14. The Bertz CT molecular complexity index is 679. The van der Waals surface area contributed by atoms with Gasteiger partial charge < -0.3 is 5.73 Å². The molecule has 2 aromatic rings. The Labute approximate surface area is 111 Å². The fourth-order valence-electron chi connectivity index (χ4n) is 2.16. The Morgan fingerprint density at radius 2 is 2.21 bits per heavy atom. The van der Waals surface area contributed by atoms with Gasteiger partial charge in [-0.3, -0.25) is 9.48 Å². The van der Waals surface area contributed by atoms with Gasteiger partial charge in [0, 0.05) is 11.3 Å². The average molecular weight is 254 g/mol. The summed E-state index contributed by atoms with van der Waals surface area (Å²) in [5.41, 5.74) is 9.34. The summed E-state index contributed by atoms with van der Waals surface area (Å²) in [5.74, 6) is -0.428. The molecule has 0 aliphatic carbocycles. The summed E-state index contributed by atoms with van der Waals surface area (Å²) in [6.45, 7) is 3.82. The fourth-order valence-corrected chi connectivity index (χ4v) is 2.16. The molecule has 0 spiro atoms. The van der Waals surface area contributed by atoms with Gasteiger partial charge in [-0.2, -0.15) is 10.4 Å². The zero-order valence-electron chi connectivity index (χ0n) is 10.8. The zero-order chi connectivity index (χ0) is 14.0. The van der Waals surface area contributed by atoms with E-state index in [1.54, 1.807) is 10.7 Å². The molecule has 0 saturated carbocycles. The number of rotatable bonds is 3. The Balaban J connectivity index is 2.53. The van der Waals surface area contributed by atoms with Crippen LogP contribution >= 0.6 is 0 Å². The molecule has 2 rings (SSSR count). The molecule has 1 aromatic heterocycles. The third-order valence-electron chi connectivity index (χ3n) is 2.97. The summed E-state index contributed by atoms with van der Waals surface area (Å²) in [4.78, 5) is 11.0. The topological polar surface area (TPSA) is 84.7 Å². The number of hydrogen-bond donors (Lipinski definition) is 1. The Kier molecular flexibility index (Phi) is 3.34. The fraction of sp³-hybridized carbons (Fsp3) is 0.214. The van der Waals surface area contributed by atoms with Gasteiger partial charge in [-0.1, -0.05) is 12.1 Å². The lowest BCUT2D eigenvalue weighted by atomic mass is 10.0. The molecule has 0 radical (unpaired) electrons. The lowest BCUT2D eigenvalue weighted by molar-refractivity contribution is -0.118. The second-order valence-corrected chi connectivity index (χ2v) is 4.36. The van der Waals surface area contributed by atoms with Crippen LogP contribution in [0.15, 0.2) is 24.3 Å². The molecule has 5 nitrogen and oxygen atoms in total. The molecule has 0 atom stereocenters. The van der Waals surface area contributed by atoms with Gasteiger partial charge in [0.1, 0.15) is 6.54 Å². The van der Waals surface area contributed by atoms with Crippen LogP contribution in [0.25, 0.3) is 11.1 Å². The van der Waals surface area contributed by atoms with Crippen molar-refractivity contribution in [3.8, 4) is 17.2 Å². The molecule has 0 aliphatic rings. The average Bonchev–Trinajstić information content (AvgIpc) is 2.64. The minimum Gasteiger partial charge on any atom is -0.368 e. The molecule has 5 heteroatoms. The minimum absolute atomic E-state index is 0.0601. The molecule has 0 unspecified atom stereocenters. The van der Waals surface area contributed by atoms with Crippen LogP contribution in [0.5, 0.6) is 0 Å².